The molecular weight excluding hydrogens is 350 g/mol. The first-order valence-electron chi connectivity index (χ1n) is 8.24. The second-order valence-electron chi connectivity index (χ2n) is 6.06. The van der Waals surface area contributed by atoms with Gasteiger partial charge in [-0.2, -0.15) is 0 Å². The van der Waals surface area contributed by atoms with Crippen molar-refractivity contribution in [2.75, 3.05) is 12.1 Å². The van der Waals surface area contributed by atoms with Gasteiger partial charge < -0.3 is 19.7 Å². The lowest BCUT2D eigenvalue weighted by atomic mass is 10.2. The Hall–Kier alpha value is -3.06. The third-order valence-electron chi connectivity index (χ3n) is 4.48. The van der Waals surface area contributed by atoms with Gasteiger partial charge in [-0.05, 0) is 35.7 Å². The lowest BCUT2D eigenvalue weighted by Gasteiger charge is -2.26. The Morgan fingerprint density at radius 2 is 2.12 bits per heavy atom. The highest BCUT2D eigenvalue weighted by Crippen LogP contribution is 2.38. The van der Waals surface area contributed by atoms with Crippen molar-refractivity contribution < 1.29 is 14.3 Å². The van der Waals surface area contributed by atoms with Gasteiger partial charge in [-0.15, -0.1) is 11.3 Å². The minimum absolute atomic E-state index is 0.0141. The fraction of sp³-hybridized carbons (Fsp3) is 0.158. The topological polar surface area (TPSA) is 63.7 Å². The van der Waals surface area contributed by atoms with Crippen molar-refractivity contribution >= 4 is 22.9 Å². The molecule has 1 aromatic carbocycles. The van der Waals surface area contributed by atoms with E-state index in [0.717, 1.165) is 22.0 Å². The second kappa shape index (κ2) is 6.03. The van der Waals surface area contributed by atoms with Crippen LogP contribution in [0.15, 0.2) is 54.0 Å². The summed E-state index contributed by atoms with van der Waals surface area (Å²) in [6.07, 6.45) is 1.39. The quantitative estimate of drug-likeness (QED) is 0.765. The molecule has 0 aliphatic carbocycles. The number of aromatic nitrogens is 1. The van der Waals surface area contributed by atoms with Gasteiger partial charge in [0.2, 0.25) is 6.79 Å². The van der Waals surface area contributed by atoms with E-state index in [1.54, 1.807) is 23.6 Å². The first kappa shape index (κ1) is 15.2. The van der Waals surface area contributed by atoms with Crippen LogP contribution in [-0.2, 0) is 6.54 Å². The highest BCUT2D eigenvalue weighted by Gasteiger charge is 2.38. The van der Waals surface area contributed by atoms with Crippen LogP contribution in [0.5, 0.6) is 11.5 Å². The fourth-order valence-electron chi connectivity index (χ4n) is 3.26. The molecule has 2 aliphatic heterocycles. The first-order valence-corrected chi connectivity index (χ1v) is 9.12. The van der Waals surface area contributed by atoms with Crippen LogP contribution in [0.25, 0.3) is 0 Å². The molecule has 4 heterocycles. The molecule has 5 rings (SSSR count). The number of benzene rings is 1. The molecule has 130 valence electrons. The van der Waals surface area contributed by atoms with E-state index in [1.165, 1.54) is 0 Å². The molecule has 0 bridgehead atoms. The maximum atomic E-state index is 12.9. The van der Waals surface area contributed by atoms with Crippen LogP contribution in [0, 0.1) is 0 Å². The van der Waals surface area contributed by atoms with E-state index in [1.807, 2.05) is 46.7 Å². The molecule has 0 fully saturated rings. The zero-order valence-electron chi connectivity index (χ0n) is 13.7. The van der Waals surface area contributed by atoms with Gasteiger partial charge in [0.15, 0.2) is 11.5 Å². The monoisotopic (exact) mass is 365 g/mol. The standard InChI is InChI=1S/C19H15N3O3S/c23-19-14-4-1-7-20-17(14)18(22(19)10-13-3-2-8-26-13)21-12-5-6-15-16(9-12)25-11-24-15/h1-9,18,21H,10-11H2. The maximum absolute atomic E-state index is 12.9. The Balaban J connectivity index is 1.49. The van der Waals surface area contributed by atoms with Crippen LogP contribution in [0.3, 0.4) is 0 Å². The molecule has 0 spiro atoms. The minimum atomic E-state index is -0.332. The molecule has 1 N–H and O–H groups in total. The summed E-state index contributed by atoms with van der Waals surface area (Å²) in [5, 5.41) is 5.45. The molecule has 0 radical (unpaired) electrons. The predicted molar refractivity (Wildman–Crippen MR) is 97.4 cm³/mol. The van der Waals surface area contributed by atoms with Crippen molar-refractivity contribution in [3.05, 3.63) is 70.2 Å². The molecule has 1 unspecified atom stereocenters. The molecule has 7 heteroatoms. The number of fused-ring (bicyclic) bond motifs is 2. The van der Waals surface area contributed by atoms with Crippen molar-refractivity contribution in [3.8, 4) is 11.5 Å². The summed E-state index contributed by atoms with van der Waals surface area (Å²) < 4.78 is 10.8. The summed E-state index contributed by atoms with van der Waals surface area (Å²) >= 11 is 1.64. The third-order valence-corrected chi connectivity index (χ3v) is 5.34. The average molecular weight is 365 g/mol. The number of rotatable bonds is 4. The molecule has 6 nitrogen and oxygen atoms in total. The zero-order chi connectivity index (χ0) is 17.5. The predicted octanol–water partition coefficient (Wildman–Crippen LogP) is 3.64. The summed E-state index contributed by atoms with van der Waals surface area (Å²) in [5.74, 6) is 1.41. The van der Waals surface area contributed by atoms with Gasteiger partial charge in [0.1, 0.15) is 6.17 Å². The van der Waals surface area contributed by atoms with E-state index >= 15 is 0 Å². The Bertz CT molecular complexity index is 974. The van der Waals surface area contributed by atoms with E-state index < -0.39 is 0 Å². The van der Waals surface area contributed by atoms with E-state index in [0.29, 0.717) is 17.9 Å². The maximum Gasteiger partial charge on any atom is 0.258 e. The number of anilines is 1. The average Bonchev–Trinajstić information content (AvgIpc) is 3.39. The first-order chi connectivity index (χ1) is 12.8. The summed E-state index contributed by atoms with van der Waals surface area (Å²) in [7, 11) is 0. The normalized spacial score (nSPS) is 17.5. The SMILES string of the molecule is O=C1c2cccnc2C(Nc2ccc3c(c2)OCO3)N1Cc1cccs1. The molecular formula is C19H15N3O3S. The summed E-state index contributed by atoms with van der Waals surface area (Å²) in [6.45, 7) is 0.769. The number of pyridine rings is 1. The number of ether oxygens (including phenoxy) is 2. The van der Waals surface area contributed by atoms with Gasteiger partial charge in [0.05, 0.1) is 17.8 Å². The number of hydrogen-bond acceptors (Lipinski definition) is 6. The summed E-state index contributed by atoms with van der Waals surface area (Å²) in [6, 6.07) is 13.3. The van der Waals surface area contributed by atoms with E-state index in [4.69, 9.17) is 9.47 Å². The molecule has 2 aromatic heterocycles. The largest absolute Gasteiger partial charge is 0.454 e. The third kappa shape index (κ3) is 2.48. The fourth-order valence-corrected chi connectivity index (χ4v) is 3.96. The Morgan fingerprint density at radius 3 is 3.00 bits per heavy atom. The molecule has 0 saturated heterocycles. The van der Waals surface area contributed by atoms with E-state index in [9.17, 15) is 4.79 Å². The van der Waals surface area contributed by atoms with Gasteiger partial charge in [-0.1, -0.05) is 6.07 Å². The van der Waals surface area contributed by atoms with Crippen LogP contribution in [0.1, 0.15) is 27.1 Å². The van der Waals surface area contributed by atoms with Gasteiger partial charge in [0.25, 0.3) is 5.91 Å². The van der Waals surface area contributed by atoms with Gasteiger partial charge in [-0.3, -0.25) is 9.78 Å². The molecule has 26 heavy (non-hydrogen) atoms. The number of hydrogen-bond donors (Lipinski definition) is 1. The van der Waals surface area contributed by atoms with E-state index in [-0.39, 0.29) is 18.9 Å². The highest BCUT2D eigenvalue weighted by molar-refractivity contribution is 7.09. The number of amides is 1. The van der Waals surface area contributed by atoms with Gasteiger partial charge >= 0.3 is 0 Å². The Kier molecular flexibility index (Phi) is 3.53. The van der Waals surface area contributed by atoms with Crippen LogP contribution < -0.4 is 14.8 Å². The molecule has 3 aromatic rings. The van der Waals surface area contributed by atoms with Crippen LogP contribution in [0.2, 0.25) is 0 Å². The van der Waals surface area contributed by atoms with Crippen molar-refractivity contribution in [1.29, 1.82) is 0 Å². The lowest BCUT2D eigenvalue weighted by Crippen LogP contribution is -2.31. The number of carbonyl (C=O) groups is 1. The molecule has 1 atom stereocenters. The minimum Gasteiger partial charge on any atom is -0.454 e. The summed E-state index contributed by atoms with van der Waals surface area (Å²) in [5.41, 5.74) is 2.23. The number of nitrogens with zero attached hydrogens (tertiary/aromatic N) is 2. The molecule has 2 aliphatic rings. The number of carbonyl (C=O) groups excluding carboxylic acids is 1. The number of thiophene rings is 1. The Morgan fingerprint density at radius 1 is 1.19 bits per heavy atom. The zero-order valence-corrected chi connectivity index (χ0v) is 14.5. The van der Waals surface area contributed by atoms with Crippen molar-refractivity contribution in [3.63, 3.8) is 0 Å². The van der Waals surface area contributed by atoms with Crippen LogP contribution >= 0.6 is 11.3 Å². The van der Waals surface area contributed by atoms with E-state index in [2.05, 4.69) is 10.3 Å². The molecule has 1 amide bonds. The van der Waals surface area contributed by atoms with Crippen LogP contribution in [0.4, 0.5) is 5.69 Å². The smallest absolute Gasteiger partial charge is 0.258 e. The van der Waals surface area contributed by atoms with Gasteiger partial charge in [-0.25, -0.2) is 0 Å². The second-order valence-corrected chi connectivity index (χ2v) is 7.10. The summed E-state index contributed by atoms with van der Waals surface area (Å²) in [4.78, 5) is 20.3. The lowest BCUT2D eigenvalue weighted by molar-refractivity contribution is 0.0729. The Labute approximate surface area is 154 Å². The van der Waals surface area contributed by atoms with Crippen LogP contribution in [-0.4, -0.2) is 22.6 Å². The van der Waals surface area contributed by atoms with Crippen molar-refractivity contribution in [2.45, 2.75) is 12.7 Å². The number of nitrogens with one attached hydrogen (secondary N) is 1. The highest BCUT2D eigenvalue weighted by atomic mass is 32.1. The molecule has 0 saturated carbocycles. The van der Waals surface area contributed by atoms with Crippen molar-refractivity contribution in [2.24, 2.45) is 0 Å². The van der Waals surface area contributed by atoms with Crippen molar-refractivity contribution in [1.82, 2.24) is 9.88 Å². The van der Waals surface area contributed by atoms with Gasteiger partial charge in [0, 0.05) is 22.8 Å².